The summed E-state index contributed by atoms with van der Waals surface area (Å²) in [6.07, 6.45) is -0.846. The molecule has 136 valence electrons. The number of amides is 2. The fraction of sp³-hybridized carbons (Fsp3) is 0.222. The summed E-state index contributed by atoms with van der Waals surface area (Å²) in [5, 5.41) is 10.7. The van der Waals surface area contributed by atoms with E-state index in [1.165, 1.54) is 18.2 Å². The molecule has 2 aromatic carbocycles. The number of hydrazine groups is 1. The van der Waals surface area contributed by atoms with Gasteiger partial charge in [-0.05, 0) is 44.0 Å². The molecule has 0 saturated heterocycles. The van der Waals surface area contributed by atoms with Gasteiger partial charge in [0.15, 0.2) is 6.10 Å². The van der Waals surface area contributed by atoms with Gasteiger partial charge < -0.3 is 4.74 Å². The third-order valence-corrected chi connectivity index (χ3v) is 3.64. The standard InChI is InChI=1S/C18H19N3O5/c1-11-7-8-12(2)16(9-11)26-13(3)17(22)19-20-18(23)14-5-4-6-15(10-14)21(24)25/h4-10,13H,1-3H3,(H,19,22)(H,20,23). The molecule has 0 aliphatic carbocycles. The Bertz CT molecular complexity index is 850. The van der Waals surface area contributed by atoms with Crippen molar-refractivity contribution in [3.63, 3.8) is 0 Å². The second kappa shape index (κ2) is 8.11. The van der Waals surface area contributed by atoms with Crippen LogP contribution in [0.1, 0.15) is 28.4 Å². The summed E-state index contributed by atoms with van der Waals surface area (Å²) in [6.45, 7) is 5.33. The summed E-state index contributed by atoms with van der Waals surface area (Å²) in [6, 6.07) is 10.8. The van der Waals surface area contributed by atoms with Crippen LogP contribution in [0.25, 0.3) is 0 Å². The number of benzene rings is 2. The lowest BCUT2D eigenvalue weighted by Gasteiger charge is -2.17. The van der Waals surface area contributed by atoms with E-state index in [1.54, 1.807) is 6.92 Å². The lowest BCUT2D eigenvalue weighted by atomic mass is 10.1. The van der Waals surface area contributed by atoms with E-state index in [4.69, 9.17) is 4.74 Å². The van der Waals surface area contributed by atoms with Gasteiger partial charge >= 0.3 is 0 Å². The average molecular weight is 357 g/mol. The fourth-order valence-electron chi connectivity index (χ4n) is 2.13. The maximum absolute atomic E-state index is 12.1. The van der Waals surface area contributed by atoms with Crippen LogP contribution in [0.5, 0.6) is 5.75 Å². The molecule has 0 heterocycles. The van der Waals surface area contributed by atoms with Crippen molar-refractivity contribution in [2.45, 2.75) is 26.9 Å². The Balaban J connectivity index is 1.95. The van der Waals surface area contributed by atoms with Crippen LogP contribution in [0.3, 0.4) is 0 Å². The van der Waals surface area contributed by atoms with Gasteiger partial charge in [-0.2, -0.15) is 0 Å². The Morgan fingerprint density at radius 2 is 1.85 bits per heavy atom. The first-order chi connectivity index (χ1) is 12.3. The molecule has 0 bridgehead atoms. The molecule has 1 unspecified atom stereocenters. The summed E-state index contributed by atoms with van der Waals surface area (Å²) in [5.74, 6) is -0.636. The minimum absolute atomic E-state index is 0.0580. The Morgan fingerprint density at radius 3 is 2.54 bits per heavy atom. The number of rotatable bonds is 5. The number of nitrogens with zero attached hydrogens (tertiary/aromatic N) is 1. The molecule has 8 nitrogen and oxygen atoms in total. The predicted molar refractivity (Wildman–Crippen MR) is 94.7 cm³/mol. The number of nitrogens with one attached hydrogen (secondary N) is 2. The van der Waals surface area contributed by atoms with Crippen molar-refractivity contribution in [2.24, 2.45) is 0 Å². The second-order valence-corrected chi connectivity index (χ2v) is 5.78. The predicted octanol–water partition coefficient (Wildman–Crippen LogP) is 2.44. The molecular weight excluding hydrogens is 338 g/mol. The molecule has 2 rings (SSSR count). The highest BCUT2D eigenvalue weighted by molar-refractivity contribution is 5.96. The zero-order valence-electron chi connectivity index (χ0n) is 14.6. The highest BCUT2D eigenvalue weighted by Gasteiger charge is 2.17. The van der Waals surface area contributed by atoms with Crippen molar-refractivity contribution in [1.29, 1.82) is 0 Å². The van der Waals surface area contributed by atoms with Crippen molar-refractivity contribution in [3.8, 4) is 5.75 Å². The van der Waals surface area contributed by atoms with Gasteiger partial charge in [0.05, 0.1) is 4.92 Å². The van der Waals surface area contributed by atoms with Crippen molar-refractivity contribution in [2.75, 3.05) is 0 Å². The van der Waals surface area contributed by atoms with E-state index in [0.717, 1.165) is 17.2 Å². The Labute approximate surface area is 150 Å². The number of ether oxygens (including phenoxy) is 1. The highest BCUT2D eigenvalue weighted by Crippen LogP contribution is 2.20. The first-order valence-electron chi connectivity index (χ1n) is 7.86. The van der Waals surface area contributed by atoms with Crippen LogP contribution in [-0.2, 0) is 4.79 Å². The van der Waals surface area contributed by atoms with Crippen LogP contribution in [0.4, 0.5) is 5.69 Å². The molecule has 0 spiro atoms. The SMILES string of the molecule is Cc1ccc(C)c(OC(C)C(=O)NNC(=O)c2cccc([N+](=O)[O-])c2)c1. The van der Waals surface area contributed by atoms with Crippen molar-refractivity contribution in [3.05, 3.63) is 69.3 Å². The summed E-state index contributed by atoms with van der Waals surface area (Å²) >= 11 is 0. The lowest BCUT2D eigenvalue weighted by molar-refractivity contribution is -0.384. The largest absolute Gasteiger partial charge is 0.481 e. The van der Waals surface area contributed by atoms with Gasteiger partial charge in [0.25, 0.3) is 17.5 Å². The molecule has 0 aromatic heterocycles. The molecule has 0 aliphatic rings. The Morgan fingerprint density at radius 1 is 1.12 bits per heavy atom. The minimum Gasteiger partial charge on any atom is -0.481 e. The Kier molecular flexibility index (Phi) is 5.90. The van der Waals surface area contributed by atoms with Gasteiger partial charge in [0.1, 0.15) is 5.75 Å². The second-order valence-electron chi connectivity index (χ2n) is 5.78. The number of nitro groups is 1. The van der Waals surface area contributed by atoms with Gasteiger partial charge in [0, 0.05) is 17.7 Å². The van der Waals surface area contributed by atoms with Crippen LogP contribution < -0.4 is 15.6 Å². The summed E-state index contributed by atoms with van der Waals surface area (Å²) in [7, 11) is 0. The average Bonchev–Trinajstić information content (AvgIpc) is 2.62. The number of carbonyl (C=O) groups is 2. The third-order valence-electron chi connectivity index (χ3n) is 3.64. The van der Waals surface area contributed by atoms with E-state index in [1.807, 2.05) is 32.0 Å². The molecule has 1 atom stereocenters. The van der Waals surface area contributed by atoms with Gasteiger partial charge in [-0.1, -0.05) is 18.2 Å². The van der Waals surface area contributed by atoms with Gasteiger partial charge in [-0.25, -0.2) is 0 Å². The first-order valence-corrected chi connectivity index (χ1v) is 7.86. The molecule has 8 heteroatoms. The van der Waals surface area contributed by atoms with E-state index < -0.39 is 22.8 Å². The zero-order valence-corrected chi connectivity index (χ0v) is 14.6. The van der Waals surface area contributed by atoms with E-state index in [-0.39, 0.29) is 11.3 Å². The first kappa shape index (κ1) is 18.9. The van der Waals surface area contributed by atoms with Crippen LogP contribution in [0, 0.1) is 24.0 Å². The maximum Gasteiger partial charge on any atom is 0.279 e. The number of carbonyl (C=O) groups excluding carboxylic acids is 2. The quantitative estimate of drug-likeness (QED) is 0.631. The number of nitro benzene ring substituents is 1. The molecule has 2 aromatic rings. The lowest BCUT2D eigenvalue weighted by Crippen LogP contribution is -2.47. The van der Waals surface area contributed by atoms with Gasteiger partial charge in [0.2, 0.25) is 0 Å². The van der Waals surface area contributed by atoms with Crippen LogP contribution >= 0.6 is 0 Å². The Hall–Kier alpha value is -3.42. The fourth-order valence-corrected chi connectivity index (χ4v) is 2.13. The molecule has 0 saturated carbocycles. The van der Waals surface area contributed by atoms with E-state index in [9.17, 15) is 19.7 Å². The normalized spacial score (nSPS) is 11.3. The molecular formula is C18H19N3O5. The monoisotopic (exact) mass is 357 g/mol. The zero-order chi connectivity index (χ0) is 19.3. The molecule has 2 amide bonds. The van der Waals surface area contributed by atoms with Crippen LogP contribution in [0.2, 0.25) is 0 Å². The van der Waals surface area contributed by atoms with E-state index in [2.05, 4.69) is 10.9 Å². The van der Waals surface area contributed by atoms with Crippen molar-refractivity contribution < 1.29 is 19.2 Å². The highest BCUT2D eigenvalue weighted by atomic mass is 16.6. The number of non-ortho nitro benzene ring substituents is 1. The van der Waals surface area contributed by atoms with Crippen LogP contribution in [-0.4, -0.2) is 22.8 Å². The van der Waals surface area contributed by atoms with Crippen molar-refractivity contribution in [1.82, 2.24) is 10.9 Å². The molecule has 26 heavy (non-hydrogen) atoms. The van der Waals surface area contributed by atoms with Gasteiger partial charge in [-0.15, -0.1) is 0 Å². The van der Waals surface area contributed by atoms with Crippen LogP contribution in [0.15, 0.2) is 42.5 Å². The molecule has 0 radical (unpaired) electrons. The number of hydrogen-bond donors (Lipinski definition) is 2. The number of aryl methyl sites for hydroxylation is 2. The summed E-state index contributed by atoms with van der Waals surface area (Å²) in [4.78, 5) is 34.3. The third kappa shape index (κ3) is 4.79. The smallest absolute Gasteiger partial charge is 0.279 e. The maximum atomic E-state index is 12.1. The molecule has 0 fully saturated rings. The molecule has 0 aliphatic heterocycles. The topological polar surface area (TPSA) is 111 Å². The number of hydrogen-bond acceptors (Lipinski definition) is 5. The summed E-state index contributed by atoms with van der Waals surface area (Å²) < 4.78 is 5.62. The van der Waals surface area contributed by atoms with E-state index >= 15 is 0 Å². The van der Waals surface area contributed by atoms with E-state index in [0.29, 0.717) is 5.75 Å². The molecule has 2 N–H and O–H groups in total. The van der Waals surface area contributed by atoms with Gasteiger partial charge in [-0.3, -0.25) is 30.6 Å². The van der Waals surface area contributed by atoms with Crippen molar-refractivity contribution >= 4 is 17.5 Å². The summed E-state index contributed by atoms with van der Waals surface area (Å²) in [5.41, 5.74) is 6.19. The minimum atomic E-state index is -0.846.